The van der Waals surface area contributed by atoms with Gasteiger partial charge in [-0.25, -0.2) is 9.48 Å². The van der Waals surface area contributed by atoms with Crippen LogP contribution in [-0.4, -0.2) is 85.5 Å². The zero-order valence-corrected chi connectivity index (χ0v) is 20.8. The van der Waals surface area contributed by atoms with E-state index in [1.54, 1.807) is 11.8 Å². The molecule has 0 aliphatic carbocycles. The van der Waals surface area contributed by atoms with E-state index < -0.39 is 5.97 Å². The molecule has 192 valence electrons. The van der Waals surface area contributed by atoms with Crippen molar-refractivity contribution in [2.75, 3.05) is 59.8 Å². The van der Waals surface area contributed by atoms with Crippen LogP contribution in [0.5, 0.6) is 11.6 Å². The summed E-state index contributed by atoms with van der Waals surface area (Å²) in [6.45, 7) is 6.98. The highest BCUT2D eigenvalue weighted by Gasteiger charge is 2.25. The molecule has 1 aliphatic heterocycles. The third kappa shape index (κ3) is 6.04. The standard InChI is InChI=1S/C27H33N3O6/c1-3-23-25(27(31)32)26(36-17-14-29-12-15-34-16-13-29)30(28-23)21-10-8-20(9-11-21)22-6-4-5-7-24(22)35-19-18-33-2/h4-11H,3,12-19H2,1-2H3,(H,31,32). The summed E-state index contributed by atoms with van der Waals surface area (Å²) in [5.74, 6) is -0.0168. The first kappa shape index (κ1) is 25.7. The summed E-state index contributed by atoms with van der Waals surface area (Å²) in [4.78, 5) is 14.4. The molecule has 4 rings (SSSR count). The van der Waals surface area contributed by atoms with E-state index in [1.165, 1.54) is 0 Å². The fourth-order valence-corrected chi connectivity index (χ4v) is 4.16. The molecule has 1 aliphatic rings. The Hall–Kier alpha value is -3.40. The number of hydrogen-bond acceptors (Lipinski definition) is 7. The van der Waals surface area contributed by atoms with E-state index in [0.29, 0.717) is 51.7 Å². The SMILES string of the molecule is CCc1nn(-c2ccc(-c3ccccc3OCCOC)cc2)c(OCCN2CCOCC2)c1C(=O)O. The first-order valence-electron chi connectivity index (χ1n) is 12.2. The van der Waals surface area contributed by atoms with Crippen molar-refractivity contribution in [1.82, 2.24) is 14.7 Å². The lowest BCUT2D eigenvalue weighted by Gasteiger charge is -2.26. The summed E-state index contributed by atoms with van der Waals surface area (Å²) in [6, 6.07) is 15.6. The molecule has 1 saturated heterocycles. The average molecular weight is 496 g/mol. The molecule has 0 saturated carbocycles. The number of carboxylic acid groups (broad SMARTS) is 1. The summed E-state index contributed by atoms with van der Waals surface area (Å²) in [7, 11) is 1.64. The number of para-hydroxylation sites is 1. The normalized spacial score (nSPS) is 14.1. The summed E-state index contributed by atoms with van der Waals surface area (Å²) >= 11 is 0. The Morgan fingerprint density at radius 1 is 1.03 bits per heavy atom. The number of rotatable bonds is 12. The molecule has 9 heteroatoms. The first-order chi connectivity index (χ1) is 17.6. The fraction of sp³-hybridized carbons (Fsp3) is 0.407. The second-order valence-electron chi connectivity index (χ2n) is 8.38. The molecule has 0 atom stereocenters. The minimum absolute atomic E-state index is 0.112. The predicted molar refractivity (Wildman–Crippen MR) is 135 cm³/mol. The smallest absolute Gasteiger partial charge is 0.343 e. The van der Waals surface area contributed by atoms with Crippen molar-refractivity contribution in [3.05, 3.63) is 59.8 Å². The molecule has 0 bridgehead atoms. The monoisotopic (exact) mass is 495 g/mol. The van der Waals surface area contributed by atoms with Gasteiger partial charge in [0.1, 0.15) is 24.5 Å². The number of nitrogens with zero attached hydrogens (tertiary/aromatic N) is 3. The largest absolute Gasteiger partial charge is 0.491 e. The van der Waals surface area contributed by atoms with Gasteiger partial charge in [-0.1, -0.05) is 37.3 Å². The van der Waals surface area contributed by atoms with Crippen LogP contribution in [0.25, 0.3) is 16.8 Å². The molecule has 0 amide bonds. The summed E-state index contributed by atoms with van der Waals surface area (Å²) in [5.41, 5.74) is 3.26. The molecule has 0 radical (unpaired) electrons. The molecule has 0 spiro atoms. The van der Waals surface area contributed by atoms with Gasteiger partial charge < -0.3 is 24.1 Å². The van der Waals surface area contributed by atoms with Crippen LogP contribution in [0.2, 0.25) is 0 Å². The van der Waals surface area contributed by atoms with E-state index in [4.69, 9.17) is 18.9 Å². The molecule has 1 fully saturated rings. The first-order valence-corrected chi connectivity index (χ1v) is 12.2. The van der Waals surface area contributed by atoms with Crippen LogP contribution in [-0.2, 0) is 15.9 Å². The van der Waals surface area contributed by atoms with E-state index >= 15 is 0 Å². The van der Waals surface area contributed by atoms with Gasteiger partial charge in [-0.2, -0.15) is 5.10 Å². The Bertz CT molecular complexity index is 1140. The van der Waals surface area contributed by atoms with Crippen molar-refractivity contribution in [1.29, 1.82) is 0 Å². The van der Waals surface area contributed by atoms with Crippen LogP contribution in [0, 0.1) is 0 Å². The number of aromatic carboxylic acids is 1. The molecule has 1 N–H and O–H groups in total. The van der Waals surface area contributed by atoms with Gasteiger partial charge >= 0.3 is 5.97 Å². The predicted octanol–water partition coefficient (Wildman–Crippen LogP) is 3.54. The Balaban J connectivity index is 1.59. The molecular weight excluding hydrogens is 462 g/mol. The lowest BCUT2D eigenvalue weighted by Crippen LogP contribution is -2.38. The number of benzene rings is 2. The number of methoxy groups -OCH3 is 1. The highest BCUT2D eigenvalue weighted by molar-refractivity contribution is 5.92. The molecular formula is C27H33N3O6. The van der Waals surface area contributed by atoms with Crippen LogP contribution in [0.15, 0.2) is 48.5 Å². The van der Waals surface area contributed by atoms with Gasteiger partial charge in [0.05, 0.1) is 31.2 Å². The van der Waals surface area contributed by atoms with Gasteiger partial charge in [-0.3, -0.25) is 4.90 Å². The average Bonchev–Trinajstić information content (AvgIpc) is 3.29. The molecule has 2 aromatic carbocycles. The molecule has 3 aromatic rings. The number of carboxylic acids is 1. The zero-order valence-electron chi connectivity index (χ0n) is 20.8. The second kappa shape index (κ2) is 12.5. The molecule has 9 nitrogen and oxygen atoms in total. The van der Waals surface area contributed by atoms with Crippen LogP contribution in [0.1, 0.15) is 23.0 Å². The second-order valence-corrected chi connectivity index (χ2v) is 8.38. The molecule has 0 unspecified atom stereocenters. The summed E-state index contributed by atoms with van der Waals surface area (Å²) < 4.78 is 24.0. The maximum absolute atomic E-state index is 12.1. The van der Waals surface area contributed by atoms with Crippen molar-refractivity contribution in [2.24, 2.45) is 0 Å². The molecule has 2 heterocycles. The van der Waals surface area contributed by atoms with Crippen molar-refractivity contribution in [2.45, 2.75) is 13.3 Å². The number of aryl methyl sites for hydroxylation is 1. The van der Waals surface area contributed by atoms with Crippen molar-refractivity contribution >= 4 is 5.97 Å². The van der Waals surface area contributed by atoms with E-state index in [9.17, 15) is 9.90 Å². The van der Waals surface area contributed by atoms with Gasteiger partial charge in [0, 0.05) is 32.3 Å². The Morgan fingerprint density at radius 2 is 1.78 bits per heavy atom. The Labute approximate surface area is 211 Å². The fourth-order valence-electron chi connectivity index (χ4n) is 4.16. The van der Waals surface area contributed by atoms with E-state index in [2.05, 4.69) is 10.00 Å². The maximum Gasteiger partial charge on any atom is 0.343 e. The summed E-state index contributed by atoms with van der Waals surface area (Å²) in [6.07, 6.45) is 0.485. The van der Waals surface area contributed by atoms with Gasteiger partial charge in [0.15, 0.2) is 0 Å². The van der Waals surface area contributed by atoms with E-state index in [0.717, 1.165) is 35.7 Å². The maximum atomic E-state index is 12.1. The van der Waals surface area contributed by atoms with Gasteiger partial charge in [-0.05, 0) is 30.2 Å². The summed E-state index contributed by atoms with van der Waals surface area (Å²) in [5, 5.41) is 14.5. The number of hydrogen-bond donors (Lipinski definition) is 1. The van der Waals surface area contributed by atoms with Crippen molar-refractivity contribution in [3.63, 3.8) is 0 Å². The van der Waals surface area contributed by atoms with E-state index in [-0.39, 0.29) is 11.4 Å². The highest BCUT2D eigenvalue weighted by Crippen LogP contribution is 2.32. The Morgan fingerprint density at radius 3 is 2.47 bits per heavy atom. The third-order valence-corrected chi connectivity index (χ3v) is 6.07. The van der Waals surface area contributed by atoms with Gasteiger partial charge in [-0.15, -0.1) is 0 Å². The highest BCUT2D eigenvalue weighted by atomic mass is 16.5. The van der Waals surface area contributed by atoms with Crippen LogP contribution in [0.4, 0.5) is 0 Å². The van der Waals surface area contributed by atoms with E-state index in [1.807, 2.05) is 55.5 Å². The number of carbonyl (C=O) groups is 1. The Kier molecular flexibility index (Phi) is 8.94. The third-order valence-electron chi connectivity index (χ3n) is 6.07. The minimum Gasteiger partial charge on any atom is -0.491 e. The topological polar surface area (TPSA) is 95.3 Å². The molecule has 36 heavy (non-hydrogen) atoms. The van der Waals surface area contributed by atoms with Crippen LogP contribution < -0.4 is 9.47 Å². The van der Waals surface area contributed by atoms with Crippen molar-refractivity contribution < 1.29 is 28.8 Å². The van der Waals surface area contributed by atoms with Crippen LogP contribution in [0.3, 0.4) is 0 Å². The lowest BCUT2D eigenvalue weighted by molar-refractivity contribution is 0.0317. The van der Waals surface area contributed by atoms with Gasteiger partial charge in [0.25, 0.3) is 0 Å². The lowest BCUT2D eigenvalue weighted by atomic mass is 10.0. The van der Waals surface area contributed by atoms with Crippen molar-refractivity contribution in [3.8, 4) is 28.4 Å². The quantitative estimate of drug-likeness (QED) is 0.381. The minimum atomic E-state index is -1.04. The van der Waals surface area contributed by atoms with Crippen LogP contribution >= 0.6 is 0 Å². The number of morpholine rings is 1. The molecule has 1 aromatic heterocycles. The van der Waals surface area contributed by atoms with Gasteiger partial charge in [0.2, 0.25) is 5.88 Å². The number of aromatic nitrogens is 2. The number of ether oxygens (including phenoxy) is 4. The zero-order chi connectivity index (χ0) is 25.3.